The fourth-order valence-electron chi connectivity index (χ4n) is 3.53. The molecule has 43 heavy (non-hydrogen) atoms. The van der Waals surface area contributed by atoms with Gasteiger partial charge in [-0.25, -0.2) is 9.59 Å². The lowest BCUT2D eigenvalue weighted by Gasteiger charge is -2.18. The van der Waals surface area contributed by atoms with Crippen LogP contribution >= 0.6 is 0 Å². The third kappa shape index (κ3) is 14.5. The molecule has 0 radical (unpaired) electrons. The van der Waals surface area contributed by atoms with Gasteiger partial charge in [0.2, 0.25) is 0 Å². The molecule has 3 rings (SSSR count). The lowest BCUT2D eigenvalue weighted by molar-refractivity contribution is -0.145. The van der Waals surface area contributed by atoms with Crippen LogP contribution in [-0.4, -0.2) is 56.5 Å². The highest BCUT2D eigenvalue weighted by Gasteiger charge is 2.17. The van der Waals surface area contributed by atoms with E-state index in [1.165, 1.54) is 0 Å². The second-order valence-corrected chi connectivity index (χ2v) is 9.26. The van der Waals surface area contributed by atoms with Gasteiger partial charge in [0.15, 0.2) is 0 Å². The van der Waals surface area contributed by atoms with Gasteiger partial charge in [0.1, 0.15) is 32.5 Å². The minimum Gasteiger partial charge on any atom is -0.461 e. The van der Waals surface area contributed by atoms with E-state index in [4.69, 9.17) is 23.7 Å². The molecule has 2 N–H and O–H groups in total. The van der Waals surface area contributed by atoms with E-state index in [1.807, 2.05) is 91.0 Å². The van der Waals surface area contributed by atoms with Crippen molar-refractivity contribution in [2.75, 3.05) is 26.3 Å². The largest absolute Gasteiger partial charge is 0.461 e. The third-order valence-corrected chi connectivity index (χ3v) is 5.81. The highest BCUT2D eigenvalue weighted by Crippen LogP contribution is 2.06. The van der Waals surface area contributed by atoms with Crippen molar-refractivity contribution in [3.8, 4) is 0 Å². The van der Waals surface area contributed by atoms with E-state index in [-0.39, 0.29) is 59.0 Å². The predicted octanol–water partition coefficient (Wildman–Crippen LogP) is 4.29. The summed E-state index contributed by atoms with van der Waals surface area (Å²) in [5, 5.41) is 4.97. The van der Waals surface area contributed by atoms with Crippen molar-refractivity contribution >= 4 is 24.1 Å². The molecule has 0 aliphatic heterocycles. The summed E-state index contributed by atoms with van der Waals surface area (Å²) in [6.45, 7) is 0.116. The van der Waals surface area contributed by atoms with Crippen molar-refractivity contribution < 1.29 is 42.9 Å². The molecule has 0 unspecified atom stereocenters. The Morgan fingerprint density at radius 1 is 0.512 bits per heavy atom. The van der Waals surface area contributed by atoms with Crippen LogP contribution in [0.4, 0.5) is 9.59 Å². The van der Waals surface area contributed by atoms with Crippen LogP contribution in [0.2, 0.25) is 0 Å². The molecule has 3 aromatic rings. The first-order valence-corrected chi connectivity index (χ1v) is 13.8. The fraction of sp³-hybridized carbons (Fsp3) is 0.312. The molecule has 0 saturated heterocycles. The summed E-state index contributed by atoms with van der Waals surface area (Å²) in [6, 6.07) is 27.8. The van der Waals surface area contributed by atoms with Crippen molar-refractivity contribution in [3.63, 3.8) is 0 Å². The Kier molecular flexibility index (Phi) is 14.6. The van der Waals surface area contributed by atoms with E-state index in [2.05, 4.69) is 10.6 Å². The van der Waals surface area contributed by atoms with Crippen molar-refractivity contribution in [1.29, 1.82) is 0 Å². The van der Waals surface area contributed by atoms with Gasteiger partial charge in [-0.05, 0) is 16.7 Å². The fourth-order valence-corrected chi connectivity index (χ4v) is 3.53. The van der Waals surface area contributed by atoms with Crippen molar-refractivity contribution in [2.45, 2.75) is 38.8 Å². The average molecular weight is 593 g/mol. The van der Waals surface area contributed by atoms with Gasteiger partial charge in [0, 0.05) is 13.1 Å². The van der Waals surface area contributed by atoms with Gasteiger partial charge in [-0.15, -0.1) is 0 Å². The zero-order valence-electron chi connectivity index (χ0n) is 23.8. The molecule has 0 aliphatic carbocycles. The van der Waals surface area contributed by atoms with E-state index in [0.717, 1.165) is 16.7 Å². The number of carbonyl (C=O) groups is 4. The number of ether oxygens (including phenoxy) is 5. The Labute approximate surface area is 250 Å². The molecule has 0 fully saturated rings. The highest BCUT2D eigenvalue weighted by molar-refractivity contribution is 5.72. The highest BCUT2D eigenvalue weighted by atomic mass is 16.6. The van der Waals surface area contributed by atoms with Crippen molar-refractivity contribution in [2.24, 2.45) is 0 Å². The monoisotopic (exact) mass is 592 g/mol. The van der Waals surface area contributed by atoms with Crippen LogP contribution in [-0.2, 0) is 53.1 Å². The Balaban J connectivity index is 1.33. The zero-order chi connectivity index (χ0) is 30.5. The maximum atomic E-state index is 12.2. The number of amides is 2. The third-order valence-electron chi connectivity index (χ3n) is 5.81. The molecule has 228 valence electrons. The number of esters is 2. The zero-order valence-corrected chi connectivity index (χ0v) is 23.8. The molecule has 0 heterocycles. The first kappa shape index (κ1) is 32.6. The Hall–Kier alpha value is -4.90. The van der Waals surface area contributed by atoms with E-state index >= 15 is 0 Å². The Morgan fingerprint density at radius 3 is 1.28 bits per heavy atom. The maximum absolute atomic E-state index is 12.2. The number of hydrogen-bond acceptors (Lipinski definition) is 9. The molecule has 0 spiro atoms. The van der Waals surface area contributed by atoms with Crippen LogP contribution in [0.3, 0.4) is 0 Å². The molecule has 0 saturated carbocycles. The number of alkyl carbamates (subject to hydrolysis) is 2. The molecule has 0 bridgehead atoms. The molecular weight excluding hydrogens is 556 g/mol. The summed E-state index contributed by atoms with van der Waals surface area (Å²) in [6.07, 6.45) is -2.36. The van der Waals surface area contributed by atoms with Crippen LogP contribution in [0, 0.1) is 0 Å². The molecule has 0 aromatic heterocycles. The lowest BCUT2D eigenvalue weighted by Crippen LogP contribution is -2.35. The summed E-state index contributed by atoms with van der Waals surface area (Å²) in [5.74, 6) is -0.922. The molecule has 11 nitrogen and oxygen atoms in total. The van der Waals surface area contributed by atoms with E-state index in [1.54, 1.807) is 0 Å². The number of benzene rings is 3. The smallest absolute Gasteiger partial charge is 0.407 e. The summed E-state index contributed by atoms with van der Waals surface area (Å²) in [5.41, 5.74) is 2.61. The molecule has 3 aromatic carbocycles. The lowest BCUT2D eigenvalue weighted by atomic mass is 10.2. The number of rotatable bonds is 17. The topological polar surface area (TPSA) is 138 Å². The number of hydrogen-bond donors (Lipinski definition) is 2. The van der Waals surface area contributed by atoms with Crippen molar-refractivity contribution in [3.05, 3.63) is 108 Å². The first-order chi connectivity index (χ1) is 21.0. The molecule has 0 aliphatic rings. The second kappa shape index (κ2) is 19.3. The van der Waals surface area contributed by atoms with Crippen LogP contribution in [0.15, 0.2) is 91.0 Å². The summed E-state index contributed by atoms with van der Waals surface area (Å²) in [4.78, 5) is 48.2. The van der Waals surface area contributed by atoms with Gasteiger partial charge in [-0.3, -0.25) is 9.59 Å². The van der Waals surface area contributed by atoms with Crippen molar-refractivity contribution in [1.82, 2.24) is 10.6 Å². The number of carbonyl (C=O) groups excluding carboxylic acids is 4. The Morgan fingerprint density at radius 2 is 0.884 bits per heavy atom. The van der Waals surface area contributed by atoms with Gasteiger partial charge in [0.05, 0.1) is 19.4 Å². The maximum Gasteiger partial charge on any atom is 0.407 e. The summed E-state index contributed by atoms with van der Waals surface area (Å²) >= 11 is 0. The molecule has 0 atom stereocenters. The standard InChI is InChI=1S/C32H36N2O9/c35-29(40-21-26-12-6-2-7-13-26)16-18-33-31(37)42-23-28(39-20-25-10-4-1-5-11-25)24-43-32(38)34-19-17-30(36)41-22-27-14-8-3-9-15-27/h1-15,28H,16-24H2,(H,33,37)(H,34,38). The van der Waals surface area contributed by atoms with E-state index in [0.29, 0.717) is 0 Å². The van der Waals surface area contributed by atoms with Crippen LogP contribution in [0.5, 0.6) is 0 Å². The second-order valence-electron chi connectivity index (χ2n) is 9.26. The minimum absolute atomic E-state index is 0.0225. The van der Waals surface area contributed by atoms with Crippen LogP contribution in [0.1, 0.15) is 29.5 Å². The van der Waals surface area contributed by atoms with Gasteiger partial charge < -0.3 is 34.3 Å². The van der Waals surface area contributed by atoms with Gasteiger partial charge in [-0.1, -0.05) is 91.0 Å². The summed E-state index contributed by atoms with van der Waals surface area (Å²) in [7, 11) is 0. The molecular formula is C32H36N2O9. The normalized spacial score (nSPS) is 10.4. The average Bonchev–Trinajstić information content (AvgIpc) is 3.04. The quantitative estimate of drug-likeness (QED) is 0.174. The summed E-state index contributed by atoms with van der Waals surface area (Å²) < 4.78 is 26.6. The van der Waals surface area contributed by atoms with Gasteiger partial charge >= 0.3 is 24.1 Å². The van der Waals surface area contributed by atoms with Gasteiger partial charge in [-0.2, -0.15) is 0 Å². The van der Waals surface area contributed by atoms with E-state index in [9.17, 15) is 19.2 Å². The Bertz CT molecular complexity index is 1180. The minimum atomic E-state index is -0.775. The molecule has 2 amide bonds. The predicted molar refractivity (Wildman–Crippen MR) is 155 cm³/mol. The number of nitrogens with one attached hydrogen (secondary N) is 2. The van der Waals surface area contributed by atoms with Crippen LogP contribution in [0.25, 0.3) is 0 Å². The SMILES string of the molecule is O=C(CCNC(=O)OCC(COC(=O)NCCC(=O)OCc1ccccc1)OCc1ccccc1)OCc1ccccc1. The first-order valence-electron chi connectivity index (χ1n) is 13.8. The van der Waals surface area contributed by atoms with Crippen LogP contribution < -0.4 is 10.6 Å². The van der Waals surface area contributed by atoms with Gasteiger partial charge in [0.25, 0.3) is 0 Å². The molecule has 11 heteroatoms. The van der Waals surface area contributed by atoms with E-state index < -0.39 is 30.2 Å².